The fraction of sp³-hybridized carbons (Fsp3) is 0.360. The Kier molecular flexibility index (Phi) is 7.93. The summed E-state index contributed by atoms with van der Waals surface area (Å²) in [7, 11) is 1.66. The number of nitrogens with one attached hydrogen (secondary N) is 1. The van der Waals surface area contributed by atoms with E-state index >= 15 is 0 Å². The lowest BCUT2D eigenvalue weighted by Gasteiger charge is -2.26. The molecule has 0 unspecified atom stereocenters. The van der Waals surface area contributed by atoms with Crippen molar-refractivity contribution in [2.75, 3.05) is 51.9 Å². The lowest BCUT2D eigenvalue weighted by Crippen LogP contribution is -2.38. The molecule has 4 rings (SSSR count). The summed E-state index contributed by atoms with van der Waals surface area (Å²) >= 11 is 1.67. The Morgan fingerprint density at radius 1 is 1.18 bits per heavy atom. The fourth-order valence-corrected chi connectivity index (χ4v) is 4.54. The second-order valence-corrected chi connectivity index (χ2v) is 8.89. The second-order valence-electron chi connectivity index (χ2n) is 7.83. The van der Waals surface area contributed by atoms with E-state index in [9.17, 15) is 0 Å². The van der Waals surface area contributed by atoms with Crippen LogP contribution < -0.4 is 10.1 Å². The number of hydrogen-bond donors (Lipinski definition) is 1. The Hall–Kier alpha value is -2.94. The number of rotatable bonds is 9. The lowest BCUT2D eigenvalue weighted by atomic mass is 10.2. The summed E-state index contributed by atoms with van der Waals surface area (Å²) in [5.74, 6) is 2.49. The van der Waals surface area contributed by atoms with Crippen molar-refractivity contribution in [3.63, 3.8) is 0 Å². The van der Waals surface area contributed by atoms with Crippen molar-refractivity contribution in [2.24, 2.45) is 0 Å². The van der Waals surface area contributed by atoms with E-state index in [0.717, 1.165) is 76.5 Å². The predicted molar refractivity (Wildman–Crippen MR) is 134 cm³/mol. The SMILES string of the molecule is COc1cccc(Nc2ncnc3cc(/C(C)=C/C=C(\C)OCCN4CCOCC4)sc23)c1. The molecule has 0 saturated carbocycles. The fourth-order valence-electron chi connectivity index (χ4n) is 3.51. The third-order valence-corrected chi connectivity index (χ3v) is 6.71. The van der Waals surface area contributed by atoms with Crippen molar-refractivity contribution in [3.05, 3.63) is 59.4 Å². The summed E-state index contributed by atoms with van der Waals surface area (Å²) in [4.78, 5) is 12.4. The van der Waals surface area contributed by atoms with Crippen LogP contribution in [0.1, 0.15) is 18.7 Å². The molecule has 3 heterocycles. The van der Waals surface area contributed by atoms with Gasteiger partial charge in [0.1, 0.15) is 18.7 Å². The van der Waals surface area contributed by atoms with Crippen molar-refractivity contribution in [2.45, 2.75) is 13.8 Å². The first kappa shape index (κ1) is 23.2. The molecule has 8 heteroatoms. The first-order valence-corrected chi connectivity index (χ1v) is 11.9. The number of benzene rings is 1. The molecule has 33 heavy (non-hydrogen) atoms. The van der Waals surface area contributed by atoms with Gasteiger partial charge in [-0.1, -0.05) is 12.1 Å². The van der Waals surface area contributed by atoms with E-state index in [0.29, 0.717) is 6.61 Å². The summed E-state index contributed by atoms with van der Waals surface area (Å²) in [6.45, 7) is 9.30. The predicted octanol–water partition coefficient (Wildman–Crippen LogP) is 5.10. The van der Waals surface area contributed by atoms with Gasteiger partial charge in [-0.2, -0.15) is 0 Å². The summed E-state index contributed by atoms with van der Waals surface area (Å²) in [5.41, 5.74) is 3.00. The Balaban J connectivity index is 1.42. The summed E-state index contributed by atoms with van der Waals surface area (Å²) < 4.78 is 17.6. The van der Waals surface area contributed by atoms with Gasteiger partial charge in [0, 0.05) is 36.3 Å². The van der Waals surface area contributed by atoms with Gasteiger partial charge >= 0.3 is 0 Å². The molecular weight excluding hydrogens is 436 g/mol. The second kappa shape index (κ2) is 11.3. The van der Waals surface area contributed by atoms with Gasteiger partial charge in [0.05, 0.1) is 36.3 Å². The van der Waals surface area contributed by atoms with Crippen LogP contribution in [-0.2, 0) is 9.47 Å². The van der Waals surface area contributed by atoms with Crippen molar-refractivity contribution in [3.8, 4) is 5.75 Å². The van der Waals surface area contributed by atoms with Crippen LogP contribution in [0.15, 0.2) is 54.6 Å². The number of nitrogens with zero attached hydrogens (tertiary/aromatic N) is 3. The van der Waals surface area contributed by atoms with Crippen molar-refractivity contribution in [1.82, 2.24) is 14.9 Å². The molecule has 2 aromatic heterocycles. The van der Waals surface area contributed by atoms with Crippen LogP contribution in [0.25, 0.3) is 15.8 Å². The normalized spacial score (nSPS) is 15.6. The highest BCUT2D eigenvalue weighted by Gasteiger charge is 2.11. The molecule has 0 amide bonds. The lowest BCUT2D eigenvalue weighted by molar-refractivity contribution is 0.0276. The van der Waals surface area contributed by atoms with Crippen LogP contribution in [0, 0.1) is 0 Å². The topological polar surface area (TPSA) is 68.7 Å². The van der Waals surface area contributed by atoms with E-state index in [1.165, 1.54) is 0 Å². The molecule has 1 fully saturated rings. The minimum Gasteiger partial charge on any atom is -0.497 e. The number of fused-ring (bicyclic) bond motifs is 1. The van der Waals surface area contributed by atoms with Gasteiger partial charge in [-0.25, -0.2) is 9.97 Å². The maximum Gasteiger partial charge on any atom is 0.151 e. The minimum absolute atomic E-state index is 0.687. The summed E-state index contributed by atoms with van der Waals surface area (Å²) in [6.07, 6.45) is 5.71. The third kappa shape index (κ3) is 6.31. The number of allylic oxidation sites excluding steroid dienone is 4. The Bertz CT molecular complexity index is 1140. The molecular formula is C25H30N4O3S. The molecule has 1 saturated heterocycles. The number of methoxy groups -OCH3 is 1. The number of hydrogen-bond acceptors (Lipinski definition) is 8. The molecule has 1 aromatic carbocycles. The average molecular weight is 467 g/mol. The zero-order valence-electron chi connectivity index (χ0n) is 19.3. The Labute approximate surface area is 198 Å². The summed E-state index contributed by atoms with van der Waals surface area (Å²) in [6, 6.07) is 9.90. The molecule has 174 valence electrons. The average Bonchev–Trinajstić information content (AvgIpc) is 3.29. The van der Waals surface area contributed by atoms with Gasteiger partial charge in [-0.15, -0.1) is 11.3 Å². The Morgan fingerprint density at radius 3 is 2.85 bits per heavy atom. The standard InChI is InChI=1S/C25H30N4O3S/c1-18(7-8-19(2)32-14-11-29-9-12-31-13-10-29)23-16-22-24(33-23)25(27-17-26-22)28-20-5-4-6-21(15-20)30-3/h4-8,15-17H,9-14H2,1-3H3,(H,26,27,28)/b18-7+,19-8+. The molecule has 0 radical (unpaired) electrons. The zero-order chi connectivity index (χ0) is 23.0. The first-order valence-electron chi connectivity index (χ1n) is 11.1. The van der Waals surface area contributed by atoms with Crippen LogP contribution >= 0.6 is 11.3 Å². The maximum absolute atomic E-state index is 5.89. The van der Waals surface area contributed by atoms with Crippen LogP contribution in [0.4, 0.5) is 11.5 Å². The van der Waals surface area contributed by atoms with E-state index in [4.69, 9.17) is 14.2 Å². The number of thiophene rings is 1. The van der Waals surface area contributed by atoms with Gasteiger partial charge in [-0.05, 0) is 43.7 Å². The molecule has 7 nitrogen and oxygen atoms in total. The quantitative estimate of drug-likeness (QED) is 0.348. The largest absolute Gasteiger partial charge is 0.497 e. The van der Waals surface area contributed by atoms with Gasteiger partial charge < -0.3 is 19.5 Å². The monoisotopic (exact) mass is 466 g/mol. The van der Waals surface area contributed by atoms with E-state index in [1.54, 1.807) is 24.8 Å². The van der Waals surface area contributed by atoms with Crippen LogP contribution in [0.3, 0.4) is 0 Å². The smallest absolute Gasteiger partial charge is 0.151 e. The zero-order valence-corrected chi connectivity index (χ0v) is 20.2. The molecule has 1 aliphatic heterocycles. The van der Waals surface area contributed by atoms with Crippen molar-refractivity contribution >= 4 is 38.6 Å². The molecule has 1 N–H and O–H groups in total. The van der Waals surface area contributed by atoms with Crippen LogP contribution in [0.5, 0.6) is 5.75 Å². The molecule has 0 bridgehead atoms. The van der Waals surface area contributed by atoms with E-state index in [1.807, 2.05) is 37.3 Å². The molecule has 0 aliphatic carbocycles. The highest BCUT2D eigenvalue weighted by Crippen LogP contribution is 2.34. The van der Waals surface area contributed by atoms with Gasteiger partial charge in [-0.3, -0.25) is 4.90 Å². The van der Waals surface area contributed by atoms with E-state index in [-0.39, 0.29) is 0 Å². The highest BCUT2D eigenvalue weighted by atomic mass is 32.1. The molecule has 3 aromatic rings. The van der Waals surface area contributed by atoms with Gasteiger partial charge in [0.2, 0.25) is 0 Å². The van der Waals surface area contributed by atoms with Crippen molar-refractivity contribution < 1.29 is 14.2 Å². The first-order chi connectivity index (χ1) is 16.1. The highest BCUT2D eigenvalue weighted by molar-refractivity contribution is 7.20. The minimum atomic E-state index is 0.687. The Morgan fingerprint density at radius 2 is 2.03 bits per heavy atom. The third-order valence-electron chi connectivity index (χ3n) is 5.44. The number of morpholine rings is 1. The van der Waals surface area contributed by atoms with Gasteiger partial charge in [0.15, 0.2) is 5.82 Å². The molecule has 0 spiro atoms. The molecule has 0 atom stereocenters. The number of ether oxygens (including phenoxy) is 3. The maximum atomic E-state index is 5.89. The molecule has 1 aliphatic rings. The van der Waals surface area contributed by atoms with Gasteiger partial charge in [0.25, 0.3) is 0 Å². The summed E-state index contributed by atoms with van der Waals surface area (Å²) in [5, 5.41) is 3.39. The van der Waals surface area contributed by atoms with Crippen molar-refractivity contribution in [1.29, 1.82) is 0 Å². The van der Waals surface area contributed by atoms with E-state index in [2.05, 4.69) is 39.3 Å². The van der Waals surface area contributed by atoms with Crippen LogP contribution in [0.2, 0.25) is 0 Å². The van der Waals surface area contributed by atoms with E-state index < -0.39 is 0 Å². The van der Waals surface area contributed by atoms with Crippen LogP contribution in [-0.4, -0.2) is 61.4 Å². The number of anilines is 2. The number of aromatic nitrogens is 2.